The van der Waals surface area contributed by atoms with Crippen LogP contribution in [0.15, 0.2) is 58.0 Å². The highest BCUT2D eigenvalue weighted by molar-refractivity contribution is 7.89. The Balaban J connectivity index is 1.42. The number of rotatable bonds is 8. The van der Waals surface area contributed by atoms with Gasteiger partial charge in [-0.1, -0.05) is 18.2 Å². The van der Waals surface area contributed by atoms with Gasteiger partial charge in [0.25, 0.3) is 0 Å². The molecule has 7 nitrogen and oxygen atoms in total. The number of hydrogen-bond acceptors (Lipinski definition) is 6. The van der Waals surface area contributed by atoms with Gasteiger partial charge in [0.2, 0.25) is 10.0 Å². The fourth-order valence-electron chi connectivity index (χ4n) is 2.93. The lowest BCUT2D eigenvalue weighted by atomic mass is 10.3. The minimum Gasteiger partial charge on any atom is -0.467 e. The number of aliphatic hydroxyl groups is 1. The number of piperazine rings is 1. The predicted octanol–water partition coefficient (Wildman–Crippen LogP) is 1.16. The van der Waals surface area contributed by atoms with Gasteiger partial charge < -0.3 is 14.3 Å². The van der Waals surface area contributed by atoms with Gasteiger partial charge in [-0.3, -0.25) is 4.90 Å². The van der Waals surface area contributed by atoms with Gasteiger partial charge >= 0.3 is 0 Å². The third-order valence-electron chi connectivity index (χ3n) is 4.32. The number of ether oxygens (including phenoxy) is 1. The van der Waals surface area contributed by atoms with Crippen LogP contribution in [0.3, 0.4) is 0 Å². The van der Waals surface area contributed by atoms with E-state index < -0.39 is 16.1 Å². The first-order valence-corrected chi connectivity index (χ1v) is 10.1. The van der Waals surface area contributed by atoms with E-state index in [1.165, 1.54) is 4.31 Å². The van der Waals surface area contributed by atoms with Gasteiger partial charge in [0.05, 0.1) is 23.9 Å². The standard InChI is InChI=1S/C18H24N2O5S/c21-16(14-24-15-17-5-4-12-25-17)13-19-8-10-20(11-9-19)26(22,23)18-6-2-1-3-7-18/h1-7,12,16,21H,8-11,13-15H2/t16-/m1/s1. The van der Waals surface area contributed by atoms with Crippen LogP contribution >= 0.6 is 0 Å². The number of β-amino-alcohol motifs (C(OH)–C–C–N with tert-alkyl or cyclic N) is 1. The Morgan fingerprint density at radius 2 is 1.81 bits per heavy atom. The third-order valence-corrected chi connectivity index (χ3v) is 6.23. The van der Waals surface area contributed by atoms with Gasteiger partial charge in [0, 0.05) is 32.7 Å². The molecule has 1 N–H and O–H groups in total. The van der Waals surface area contributed by atoms with Crippen molar-refractivity contribution in [2.24, 2.45) is 0 Å². The molecule has 2 heterocycles. The van der Waals surface area contributed by atoms with Crippen LogP contribution in [0.1, 0.15) is 5.76 Å². The highest BCUT2D eigenvalue weighted by Crippen LogP contribution is 2.17. The molecular formula is C18H24N2O5S. The monoisotopic (exact) mass is 380 g/mol. The molecule has 0 saturated carbocycles. The third kappa shape index (κ3) is 4.93. The van der Waals surface area contributed by atoms with E-state index in [2.05, 4.69) is 4.90 Å². The summed E-state index contributed by atoms with van der Waals surface area (Å²) >= 11 is 0. The quantitative estimate of drug-likeness (QED) is 0.740. The lowest BCUT2D eigenvalue weighted by molar-refractivity contribution is 0.00100. The molecule has 2 aromatic rings. The number of hydrogen-bond donors (Lipinski definition) is 1. The van der Waals surface area contributed by atoms with Crippen molar-refractivity contribution in [3.63, 3.8) is 0 Å². The normalized spacial score (nSPS) is 18.0. The van der Waals surface area contributed by atoms with Crippen molar-refractivity contribution in [2.75, 3.05) is 39.3 Å². The molecule has 142 valence electrons. The molecule has 0 bridgehead atoms. The van der Waals surface area contributed by atoms with Gasteiger partial charge in [-0.2, -0.15) is 4.31 Å². The zero-order valence-corrected chi connectivity index (χ0v) is 15.3. The number of benzene rings is 1. The fraction of sp³-hybridized carbons (Fsp3) is 0.444. The van der Waals surface area contributed by atoms with Crippen LogP contribution in [0.2, 0.25) is 0 Å². The Bertz CT molecular complexity index is 756. The summed E-state index contributed by atoms with van der Waals surface area (Å²) in [6.45, 7) is 2.99. The first-order chi connectivity index (χ1) is 12.6. The molecule has 0 spiro atoms. The van der Waals surface area contributed by atoms with Crippen LogP contribution in [0.5, 0.6) is 0 Å². The summed E-state index contributed by atoms with van der Waals surface area (Å²) < 4.78 is 37.3. The molecule has 26 heavy (non-hydrogen) atoms. The Hall–Kier alpha value is -1.71. The topological polar surface area (TPSA) is 83.2 Å². The molecule has 1 aliphatic rings. The van der Waals surface area contributed by atoms with E-state index in [1.54, 1.807) is 42.7 Å². The van der Waals surface area contributed by atoms with E-state index in [-0.39, 0.29) is 6.61 Å². The summed E-state index contributed by atoms with van der Waals surface area (Å²) in [4.78, 5) is 2.37. The van der Waals surface area contributed by atoms with Gasteiger partial charge in [-0.25, -0.2) is 8.42 Å². The number of nitrogens with zero attached hydrogens (tertiary/aromatic N) is 2. The number of sulfonamides is 1. The molecule has 0 radical (unpaired) electrons. The summed E-state index contributed by atoms with van der Waals surface area (Å²) in [5.41, 5.74) is 0. The molecule has 1 saturated heterocycles. The number of furan rings is 1. The predicted molar refractivity (Wildman–Crippen MR) is 96.0 cm³/mol. The number of aliphatic hydroxyl groups excluding tert-OH is 1. The maximum Gasteiger partial charge on any atom is 0.243 e. The highest BCUT2D eigenvalue weighted by Gasteiger charge is 2.28. The molecule has 1 aliphatic heterocycles. The molecule has 0 aliphatic carbocycles. The van der Waals surface area contributed by atoms with Crippen LogP contribution in [0.25, 0.3) is 0 Å². The van der Waals surface area contributed by atoms with E-state index in [1.807, 2.05) is 6.07 Å². The summed E-state index contributed by atoms with van der Waals surface area (Å²) in [5.74, 6) is 0.719. The molecule has 0 amide bonds. The molecular weight excluding hydrogens is 356 g/mol. The molecule has 1 fully saturated rings. The van der Waals surface area contributed by atoms with E-state index in [4.69, 9.17) is 9.15 Å². The smallest absolute Gasteiger partial charge is 0.243 e. The second-order valence-electron chi connectivity index (χ2n) is 6.27. The zero-order chi connectivity index (χ0) is 18.4. The van der Waals surface area contributed by atoms with Crippen LogP contribution in [-0.2, 0) is 21.4 Å². The molecule has 0 unspecified atom stereocenters. The average molecular weight is 380 g/mol. The molecule has 1 aromatic heterocycles. The second kappa shape index (κ2) is 8.79. The molecule has 1 atom stereocenters. The maximum absolute atomic E-state index is 12.6. The van der Waals surface area contributed by atoms with E-state index in [9.17, 15) is 13.5 Å². The van der Waals surface area contributed by atoms with Crippen molar-refractivity contribution >= 4 is 10.0 Å². The van der Waals surface area contributed by atoms with Crippen LogP contribution in [-0.4, -0.2) is 68.2 Å². The van der Waals surface area contributed by atoms with Gasteiger partial charge in [-0.05, 0) is 24.3 Å². The first kappa shape index (κ1) is 19.1. The Labute approximate surface area is 153 Å². The van der Waals surface area contributed by atoms with E-state index >= 15 is 0 Å². The first-order valence-electron chi connectivity index (χ1n) is 8.61. The largest absolute Gasteiger partial charge is 0.467 e. The molecule has 1 aromatic carbocycles. The minimum absolute atomic E-state index is 0.212. The van der Waals surface area contributed by atoms with Crippen molar-refractivity contribution in [2.45, 2.75) is 17.6 Å². The van der Waals surface area contributed by atoms with Crippen molar-refractivity contribution in [1.29, 1.82) is 0 Å². The second-order valence-corrected chi connectivity index (χ2v) is 8.20. The lowest BCUT2D eigenvalue weighted by Crippen LogP contribution is -2.50. The van der Waals surface area contributed by atoms with Crippen molar-refractivity contribution in [3.05, 3.63) is 54.5 Å². The molecule has 3 rings (SSSR count). The Kier molecular flexibility index (Phi) is 6.44. The van der Waals surface area contributed by atoms with Crippen LogP contribution < -0.4 is 0 Å². The van der Waals surface area contributed by atoms with Gasteiger partial charge in [0.1, 0.15) is 12.4 Å². The minimum atomic E-state index is -3.44. The molecule has 8 heteroatoms. The SMILES string of the molecule is O=S(=O)(c1ccccc1)N1CCN(C[C@@H](O)COCc2ccco2)CC1. The zero-order valence-electron chi connectivity index (χ0n) is 14.5. The van der Waals surface area contributed by atoms with Crippen molar-refractivity contribution in [3.8, 4) is 0 Å². The summed E-state index contributed by atoms with van der Waals surface area (Å²) in [6, 6.07) is 12.1. The highest BCUT2D eigenvalue weighted by atomic mass is 32.2. The van der Waals surface area contributed by atoms with Gasteiger partial charge in [0.15, 0.2) is 0 Å². The van der Waals surface area contributed by atoms with E-state index in [0.29, 0.717) is 44.2 Å². The van der Waals surface area contributed by atoms with Crippen LogP contribution in [0, 0.1) is 0 Å². The fourth-order valence-corrected chi connectivity index (χ4v) is 4.38. The Morgan fingerprint density at radius 1 is 1.08 bits per heavy atom. The van der Waals surface area contributed by atoms with E-state index in [0.717, 1.165) is 5.76 Å². The summed E-state index contributed by atoms with van der Waals surface area (Å²) in [6.07, 6.45) is 0.959. The Morgan fingerprint density at radius 3 is 2.46 bits per heavy atom. The lowest BCUT2D eigenvalue weighted by Gasteiger charge is -2.34. The maximum atomic E-state index is 12.6. The van der Waals surface area contributed by atoms with Crippen LogP contribution in [0.4, 0.5) is 0 Å². The summed E-state index contributed by atoms with van der Waals surface area (Å²) in [7, 11) is -3.44. The van der Waals surface area contributed by atoms with Crippen molar-refractivity contribution < 1.29 is 22.7 Å². The van der Waals surface area contributed by atoms with Crippen molar-refractivity contribution in [1.82, 2.24) is 9.21 Å². The van der Waals surface area contributed by atoms with Gasteiger partial charge in [-0.15, -0.1) is 0 Å². The average Bonchev–Trinajstić information content (AvgIpc) is 3.16. The summed E-state index contributed by atoms with van der Waals surface area (Å²) in [5, 5.41) is 10.1.